The van der Waals surface area contributed by atoms with Crippen molar-refractivity contribution < 1.29 is 4.79 Å². The molecule has 0 saturated heterocycles. The average molecular weight is 254 g/mol. The van der Waals surface area contributed by atoms with E-state index in [2.05, 4.69) is 23.7 Å². The molecule has 4 heteroatoms. The zero-order valence-electron chi connectivity index (χ0n) is 11.0. The van der Waals surface area contributed by atoms with Gasteiger partial charge in [-0.05, 0) is 37.8 Å². The minimum Gasteiger partial charge on any atom is -0.343 e. The van der Waals surface area contributed by atoms with E-state index in [1.54, 1.807) is 11.3 Å². The van der Waals surface area contributed by atoms with Crippen LogP contribution >= 0.6 is 11.3 Å². The number of hydrogen-bond acceptors (Lipinski definition) is 3. The van der Waals surface area contributed by atoms with Gasteiger partial charge in [-0.2, -0.15) is 0 Å². The average Bonchev–Trinajstić information content (AvgIpc) is 2.72. The SMILES string of the molecule is CCN(CC)C(=O)CCNCc1sccc1C. The van der Waals surface area contributed by atoms with Crippen molar-refractivity contribution in [2.75, 3.05) is 19.6 Å². The van der Waals surface area contributed by atoms with E-state index in [-0.39, 0.29) is 5.91 Å². The molecular formula is C13H22N2OS. The molecule has 1 amide bonds. The Bertz CT molecular complexity index is 345. The summed E-state index contributed by atoms with van der Waals surface area (Å²) in [6.07, 6.45) is 0.589. The molecule has 1 aromatic heterocycles. The molecule has 0 atom stereocenters. The molecule has 0 spiro atoms. The highest BCUT2D eigenvalue weighted by molar-refractivity contribution is 7.10. The van der Waals surface area contributed by atoms with Crippen molar-refractivity contribution in [1.29, 1.82) is 0 Å². The first-order valence-electron chi connectivity index (χ1n) is 6.20. The highest BCUT2D eigenvalue weighted by atomic mass is 32.1. The Labute approximate surface area is 108 Å². The molecule has 0 fully saturated rings. The van der Waals surface area contributed by atoms with Crippen LogP contribution in [0.3, 0.4) is 0 Å². The first-order valence-corrected chi connectivity index (χ1v) is 7.08. The second-order valence-corrected chi connectivity index (χ2v) is 5.02. The van der Waals surface area contributed by atoms with Crippen LogP contribution in [0.4, 0.5) is 0 Å². The number of carbonyl (C=O) groups is 1. The number of thiophene rings is 1. The summed E-state index contributed by atoms with van der Waals surface area (Å²) in [5, 5.41) is 5.43. The Morgan fingerprint density at radius 1 is 1.41 bits per heavy atom. The number of hydrogen-bond donors (Lipinski definition) is 1. The van der Waals surface area contributed by atoms with E-state index < -0.39 is 0 Å². The molecule has 17 heavy (non-hydrogen) atoms. The molecule has 1 heterocycles. The van der Waals surface area contributed by atoms with Gasteiger partial charge >= 0.3 is 0 Å². The molecule has 0 aliphatic rings. The van der Waals surface area contributed by atoms with Gasteiger partial charge in [0.15, 0.2) is 0 Å². The fraction of sp³-hybridized carbons (Fsp3) is 0.615. The van der Waals surface area contributed by atoms with Gasteiger partial charge in [-0.25, -0.2) is 0 Å². The topological polar surface area (TPSA) is 32.3 Å². The highest BCUT2D eigenvalue weighted by Crippen LogP contribution is 2.14. The minimum atomic E-state index is 0.241. The molecule has 0 saturated carbocycles. The minimum absolute atomic E-state index is 0.241. The molecule has 1 aromatic rings. The van der Waals surface area contributed by atoms with Crippen LogP contribution in [-0.4, -0.2) is 30.4 Å². The van der Waals surface area contributed by atoms with Crippen molar-refractivity contribution in [3.05, 3.63) is 21.9 Å². The zero-order chi connectivity index (χ0) is 12.7. The molecule has 1 N–H and O–H groups in total. The molecule has 0 aliphatic carbocycles. The summed E-state index contributed by atoms with van der Waals surface area (Å²) >= 11 is 1.77. The van der Waals surface area contributed by atoms with Crippen molar-refractivity contribution in [2.24, 2.45) is 0 Å². The molecule has 96 valence electrons. The number of aryl methyl sites for hydroxylation is 1. The van der Waals surface area contributed by atoms with Gasteiger partial charge < -0.3 is 10.2 Å². The van der Waals surface area contributed by atoms with E-state index in [0.717, 1.165) is 26.2 Å². The van der Waals surface area contributed by atoms with Gasteiger partial charge in [-0.3, -0.25) is 4.79 Å². The summed E-state index contributed by atoms with van der Waals surface area (Å²) in [5.74, 6) is 0.241. The first-order chi connectivity index (χ1) is 8.19. The second-order valence-electron chi connectivity index (χ2n) is 4.02. The van der Waals surface area contributed by atoms with Gasteiger partial charge in [-0.1, -0.05) is 0 Å². The fourth-order valence-electron chi connectivity index (χ4n) is 1.72. The van der Waals surface area contributed by atoms with E-state index in [1.165, 1.54) is 10.4 Å². The van der Waals surface area contributed by atoms with E-state index in [0.29, 0.717) is 6.42 Å². The van der Waals surface area contributed by atoms with Gasteiger partial charge in [0.05, 0.1) is 0 Å². The van der Waals surface area contributed by atoms with Gasteiger partial charge in [-0.15, -0.1) is 11.3 Å². The standard InChI is InChI=1S/C13H22N2OS/c1-4-15(5-2)13(16)6-8-14-10-12-11(3)7-9-17-12/h7,9,14H,4-6,8,10H2,1-3H3. The second kappa shape index (κ2) is 7.45. The lowest BCUT2D eigenvalue weighted by Gasteiger charge is -2.18. The van der Waals surface area contributed by atoms with Crippen LogP contribution in [0.5, 0.6) is 0 Å². The van der Waals surface area contributed by atoms with Crippen LogP contribution in [0.1, 0.15) is 30.7 Å². The van der Waals surface area contributed by atoms with Gasteiger partial charge in [0.25, 0.3) is 0 Å². The third-order valence-corrected chi connectivity index (χ3v) is 3.91. The maximum atomic E-state index is 11.7. The molecule has 3 nitrogen and oxygen atoms in total. The normalized spacial score (nSPS) is 10.5. The lowest BCUT2D eigenvalue weighted by atomic mass is 10.3. The largest absolute Gasteiger partial charge is 0.343 e. The van der Waals surface area contributed by atoms with Crippen LogP contribution < -0.4 is 5.32 Å². The summed E-state index contributed by atoms with van der Waals surface area (Å²) in [7, 11) is 0. The fourth-order valence-corrected chi connectivity index (χ4v) is 2.59. The quantitative estimate of drug-likeness (QED) is 0.758. The van der Waals surface area contributed by atoms with Crippen LogP contribution in [0.2, 0.25) is 0 Å². The lowest BCUT2D eigenvalue weighted by Crippen LogP contribution is -2.32. The summed E-state index contributed by atoms with van der Waals surface area (Å²) in [5.41, 5.74) is 1.33. The maximum absolute atomic E-state index is 11.7. The van der Waals surface area contributed by atoms with Gasteiger partial charge in [0.2, 0.25) is 5.91 Å². The van der Waals surface area contributed by atoms with Crippen LogP contribution in [0, 0.1) is 6.92 Å². The van der Waals surface area contributed by atoms with Crippen LogP contribution in [0.25, 0.3) is 0 Å². The Morgan fingerprint density at radius 3 is 2.65 bits per heavy atom. The van der Waals surface area contributed by atoms with E-state index in [9.17, 15) is 4.79 Å². The summed E-state index contributed by atoms with van der Waals surface area (Å²) in [6.45, 7) is 9.39. The zero-order valence-corrected chi connectivity index (χ0v) is 11.8. The predicted molar refractivity (Wildman–Crippen MR) is 73.3 cm³/mol. The highest BCUT2D eigenvalue weighted by Gasteiger charge is 2.08. The summed E-state index contributed by atoms with van der Waals surface area (Å²) in [4.78, 5) is 15.0. The Kier molecular flexibility index (Phi) is 6.22. The van der Waals surface area contributed by atoms with Crippen molar-refractivity contribution in [1.82, 2.24) is 10.2 Å². The third-order valence-electron chi connectivity index (χ3n) is 2.89. The van der Waals surface area contributed by atoms with E-state index in [4.69, 9.17) is 0 Å². The number of amides is 1. The number of carbonyl (C=O) groups excluding carboxylic acids is 1. The first kappa shape index (κ1) is 14.2. The smallest absolute Gasteiger partial charge is 0.223 e. The number of nitrogens with zero attached hydrogens (tertiary/aromatic N) is 1. The molecule has 0 bridgehead atoms. The van der Waals surface area contributed by atoms with Crippen LogP contribution in [-0.2, 0) is 11.3 Å². The van der Waals surface area contributed by atoms with Gasteiger partial charge in [0.1, 0.15) is 0 Å². The van der Waals surface area contributed by atoms with Crippen molar-refractivity contribution in [3.8, 4) is 0 Å². The monoisotopic (exact) mass is 254 g/mol. The predicted octanol–water partition coefficient (Wildman–Crippen LogP) is 2.40. The molecule has 0 unspecified atom stereocenters. The van der Waals surface area contributed by atoms with E-state index >= 15 is 0 Å². The molecular weight excluding hydrogens is 232 g/mol. The number of nitrogens with one attached hydrogen (secondary N) is 1. The Morgan fingerprint density at radius 2 is 2.12 bits per heavy atom. The Hall–Kier alpha value is -0.870. The number of rotatable bonds is 7. The molecule has 0 radical (unpaired) electrons. The summed E-state index contributed by atoms with van der Waals surface area (Å²) in [6, 6.07) is 2.13. The van der Waals surface area contributed by atoms with Crippen molar-refractivity contribution in [3.63, 3.8) is 0 Å². The van der Waals surface area contributed by atoms with Gasteiger partial charge in [0, 0.05) is 37.5 Å². The third kappa shape index (κ3) is 4.48. The molecule has 0 aliphatic heterocycles. The summed E-state index contributed by atoms with van der Waals surface area (Å²) < 4.78 is 0. The van der Waals surface area contributed by atoms with Crippen molar-refractivity contribution in [2.45, 2.75) is 33.7 Å². The van der Waals surface area contributed by atoms with Crippen LogP contribution in [0.15, 0.2) is 11.4 Å². The molecule has 1 rings (SSSR count). The van der Waals surface area contributed by atoms with E-state index in [1.807, 2.05) is 18.7 Å². The molecule has 0 aromatic carbocycles. The Balaban J connectivity index is 2.20. The van der Waals surface area contributed by atoms with Crippen molar-refractivity contribution >= 4 is 17.2 Å². The maximum Gasteiger partial charge on any atom is 0.223 e. The lowest BCUT2D eigenvalue weighted by molar-refractivity contribution is -0.130.